The Labute approximate surface area is 128 Å². The van der Waals surface area contributed by atoms with Gasteiger partial charge in [0.25, 0.3) is 5.91 Å². The van der Waals surface area contributed by atoms with Gasteiger partial charge in [-0.3, -0.25) is 4.79 Å². The topological polar surface area (TPSA) is 41.6 Å². The van der Waals surface area contributed by atoms with E-state index in [-0.39, 0.29) is 36.1 Å². The van der Waals surface area contributed by atoms with Gasteiger partial charge in [0.1, 0.15) is 5.75 Å². The van der Waals surface area contributed by atoms with Crippen LogP contribution in [0.15, 0.2) is 24.3 Å². The fraction of sp³-hybridized carbons (Fsp3) is 0.500. The number of hydrogen-bond donors (Lipinski definition) is 1. The van der Waals surface area contributed by atoms with E-state index in [9.17, 15) is 13.6 Å². The summed E-state index contributed by atoms with van der Waals surface area (Å²) in [5.41, 5.74) is 0.479. The Balaban J connectivity index is 0.00000220. The number of hydrogen-bond acceptors (Lipinski definition) is 3. The van der Waals surface area contributed by atoms with Crippen molar-refractivity contribution in [3.8, 4) is 5.75 Å². The molecule has 1 amide bonds. The maximum atomic E-state index is 12.4. The summed E-state index contributed by atoms with van der Waals surface area (Å²) in [5.74, 6) is -0.0345. The standard InChI is InChI=1S/C14H18F2N2O2.ClH/c1-9-10(2)18(8-7-17-9)13(19)11-3-5-12(6-4-11)20-14(15)16;/h3-6,9-10,14,17H,7-8H2,1-2H3;1H. The monoisotopic (exact) mass is 320 g/mol. The maximum Gasteiger partial charge on any atom is 0.387 e. The van der Waals surface area contributed by atoms with Crippen molar-refractivity contribution in [2.24, 2.45) is 0 Å². The molecule has 118 valence electrons. The first kappa shape index (κ1) is 17.7. The van der Waals surface area contributed by atoms with Gasteiger partial charge in [-0.15, -0.1) is 12.4 Å². The second kappa shape index (κ2) is 7.56. The third kappa shape index (κ3) is 4.28. The second-order valence-corrected chi connectivity index (χ2v) is 4.88. The predicted octanol–water partition coefficient (Wildman–Crippen LogP) is 2.53. The molecule has 0 bridgehead atoms. The third-order valence-electron chi connectivity index (χ3n) is 3.62. The van der Waals surface area contributed by atoms with Gasteiger partial charge in [-0.1, -0.05) is 0 Å². The number of rotatable bonds is 3. The maximum absolute atomic E-state index is 12.4. The van der Waals surface area contributed by atoms with Crippen LogP contribution in [0.4, 0.5) is 8.78 Å². The van der Waals surface area contributed by atoms with Crippen molar-refractivity contribution in [2.75, 3.05) is 13.1 Å². The van der Waals surface area contributed by atoms with Crippen molar-refractivity contribution < 1.29 is 18.3 Å². The summed E-state index contributed by atoms with van der Waals surface area (Å²) in [7, 11) is 0. The highest BCUT2D eigenvalue weighted by Gasteiger charge is 2.28. The summed E-state index contributed by atoms with van der Waals surface area (Å²) >= 11 is 0. The van der Waals surface area contributed by atoms with Crippen LogP contribution in [0, 0.1) is 0 Å². The molecule has 0 saturated carbocycles. The normalized spacial score (nSPS) is 21.9. The van der Waals surface area contributed by atoms with Crippen LogP contribution in [0.5, 0.6) is 5.75 Å². The Hall–Kier alpha value is -1.40. The van der Waals surface area contributed by atoms with Crippen LogP contribution in [0.3, 0.4) is 0 Å². The highest BCUT2D eigenvalue weighted by Crippen LogP contribution is 2.18. The van der Waals surface area contributed by atoms with E-state index >= 15 is 0 Å². The number of halogens is 3. The van der Waals surface area contributed by atoms with Crippen molar-refractivity contribution in [1.82, 2.24) is 10.2 Å². The lowest BCUT2D eigenvalue weighted by Gasteiger charge is -2.38. The van der Waals surface area contributed by atoms with Crippen molar-refractivity contribution >= 4 is 18.3 Å². The summed E-state index contributed by atoms with van der Waals surface area (Å²) in [6.07, 6.45) is 0. The highest BCUT2D eigenvalue weighted by molar-refractivity contribution is 5.94. The number of alkyl halides is 2. The molecule has 2 atom stereocenters. The minimum Gasteiger partial charge on any atom is -0.435 e. The Morgan fingerprint density at radius 2 is 1.95 bits per heavy atom. The van der Waals surface area contributed by atoms with E-state index in [1.54, 1.807) is 4.90 Å². The summed E-state index contributed by atoms with van der Waals surface area (Å²) in [6.45, 7) is 2.56. The Morgan fingerprint density at radius 1 is 1.33 bits per heavy atom. The summed E-state index contributed by atoms with van der Waals surface area (Å²) < 4.78 is 28.4. The number of carbonyl (C=O) groups excluding carboxylic acids is 1. The molecule has 1 heterocycles. The van der Waals surface area contributed by atoms with Crippen LogP contribution >= 0.6 is 12.4 Å². The third-order valence-corrected chi connectivity index (χ3v) is 3.62. The highest BCUT2D eigenvalue weighted by atomic mass is 35.5. The molecule has 0 spiro atoms. The van der Waals surface area contributed by atoms with Gasteiger partial charge in [0.15, 0.2) is 0 Å². The molecule has 1 aliphatic rings. The molecule has 1 fully saturated rings. The number of nitrogens with one attached hydrogen (secondary N) is 1. The molecule has 21 heavy (non-hydrogen) atoms. The lowest BCUT2D eigenvalue weighted by Crippen LogP contribution is -2.57. The lowest BCUT2D eigenvalue weighted by molar-refractivity contribution is -0.0498. The van der Waals surface area contributed by atoms with Crippen LogP contribution < -0.4 is 10.1 Å². The SMILES string of the molecule is CC1NCCN(C(=O)c2ccc(OC(F)F)cc2)C1C.Cl. The zero-order chi connectivity index (χ0) is 14.7. The van der Waals surface area contributed by atoms with Crippen LogP contribution in [-0.2, 0) is 0 Å². The molecule has 2 rings (SSSR count). The van der Waals surface area contributed by atoms with Crippen molar-refractivity contribution in [3.05, 3.63) is 29.8 Å². The molecule has 2 unspecified atom stereocenters. The fourth-order valence-electron chi connectivity index (χ4n) is 2.29. The zero-order valence-electron chi connectivity index (χ0n) is 11.9. The average Bonchev–Trinajstić information content (AvgIpc) is 2.41. The van der Waals surface area contributed by atoms with E-state index in [0.717, 1.165) is 6.54 Å². The molecule has 0 aromatic heterocycles. The minimum absolute atomic E-state index is 0. The van der Waals surface area contributed by atoms with Crippen LogP contribution in [0.1, 0.15) is 24.2 Å². The van der Waals surface area contributed by atoms with Crippen molar-refractivity contribution in [2.45, 2.75) is 32.5 Å². The van der Waals surface area contributed by atoms with Gasteiger partial charge in [0.05, 0.1) is 0 Å². The van der Waals surface area contributed by atoms with Crippen molar-refractivity contribution in [1.29, 1.82) is 0 Å². The molecule has 1 N–H and O–H groups in total. The number of amides is 1. The first-order valence-corrected chi connectivity index (χ1v) is 6.58. The quantitative estimate of drug-likeness (QED) is 0.930. The smallest absolute Gasteiger partial charge is 0.387 e. The predicted molar refractivity (Wildman–Crippen MR) is 78.3 cm³/mol. The van der Waals surface area contributed by atoms with Gasteiger partial charge < -0.3 is 15.0 Å². The van der Waals surface area contributed by atoms with E-state index < -0.39 is 6.61 Å². The molecular weight excluding hydrogens is 302 g/mol. The molecular formula is C14H19ClF2N2O2. The molecule has 1 saturated heterocycles. The largest absolute Gasteiger partial charge is 0.435 e. The van der Waals surface area contributed by atoms with Gasteiger partial charge in [0, 0.05) is 30.7 Å². The second-order valence-electron chi connectivity index (χ2n) is 4.88. The fourth-order valence-corrected chi connectivity index (χ4v) is 2.29. The zero-order valence-corrected chi connectivity index (χ0v) is 12.7. The van der Waals surface area contributed by atoms with Gasteiger partial charge in [0.2, 0.25) is 0 Å². The molecule has 4 nitrogen and oxygen atoms in total. The molecule has 1 aromatic rings. The van der Waals surface area contributed by atoms with Gasteiger partial charge >= 0.3 is 6.61 Å². The average molecular weight is 321 g/mol. The molecule has 7 heteroatoms. The Kier molecular flexibility index (Phi) is 6.36. The van der Waals surface area contributed by atoms with E-state index in [1.807, 2.05) is 13.8 Å². The lowest BCUT2D eigenvalue weighted by atomic mass is 10.1. The van der Waals surface area contributed by atoms with E-state index in [4.69, 9.17) is 0 Å². The number of nitrogens with zero attached hydrogens (tertiary/aromatic N) is 1. The first-order valence-electron chi connectivity index (χ1n) is 6.58. The molecule has 1 aromatic carbocycles. The van der Waals surface area contributed by atoms with Crippen LogP contribution in [-0.4, -0.2) is 42.6 Å². The van der Waals surface area contributed by atoms with Crippen LogP contribution in [0.25, 0.3) is 0 Å². The summed E-state index contributed by atoms with van der Waals surface area (Å²) in [5, 5.41) is 3.30. The van der Waals surface area contributed by atoms with E-state index in [2.05, 4.69) is 10.1 Å². The Morgan fingerprint density at radius 3 is 2.52 bits per heavy atom. The first-order chi connectivity index (χ1) is 9.49. The summed E-state index contributed by atoms with van der Waals surface area (Å²) in [6, 6.07) is 6.12. The van der Waals surface area contributed by atoms with Gasteiger partial charge in [-0.2, -0.15) is 8.78 Å². The number of piperazine rings is 1. The van der Waals surface area contributed by atoms with Crippen LogP contribution in [0.2, 0.25) is 0 Å². The van der Waals surface area contributed by atoms with Crippen molar-refractivity contribution in [3.63, 3.8) is 0 Å². The number of carbonyl (C=O) groups is 1. The van der Waals surface area contributed by atoms with Gasteiger partial charge in [-0.05, 0) is 38.1 Å². The minimum atomic E-state index is -2.86. The van der Waals surface area contributed by atoms with Gasteiger partial charge in [-0.25, -0.2) is 0 Å². The number of ether oxygens (including phenoxy) is 1. The number of benzene rings is 1. The summed E-state index contributed by atoms with van der Waals surface area (Å²) in [4.78, 5) is 14.2. The Bertz CT molecular complexity index is 471. The van der Waals surface area contributed by atoms with E-state index in [0.29, 0.717) is 12.1 Å². The molecule has 1 aliphatic heterocycles. The van der Waals surface area contributed by atoms with E-state index in [1.165, 1.54) is 24.3 Å². The molecule has 0 aliphatic carbocycles. The molecule has 0 radical (unpaired) electrons.